The van der Waals surface area contributed by atoms with Crippen molar-refractivity contribution in [3.05, 3.63) is 23.8 Å². The van der Waals surface area contributed by atoms with Gasteiger partial charge in [0.15, 0.2) is 0 Å². The summed E-state index contributed by atoms with van der Waals surface area (Å²) >= 11 is 0. The molecule has 1 fully saturated rings. The second kappa shape index (κ2) is 6.43. The van der Waals surface area contributed by atoms with Crippen LogP contribution in [0.3, 0.4) is 0 Å². The van der Waals surface area contributed by atoms with Gasteiger partial charge in [-0.15, -0.1) is 0 Å². The lowest BCUT2D eigenvalue weighted by Crippen LogP contribution is -2.27. The molecular formula is C14H20N2O3. The Balaban J connectivity index is 1.98. The SMILES string of the molecule is COC(=O)c1cc(NCC2CCCCO2)ccc1N. The van der Waals surface area contributed by atoms with Gasteiger partial charge in [-0.05, 0) is 37.5 Å². The van der Waals surface area contributed by atoms with Crippen LogP contribution in [0.1, 0.15) is 29.6 Å². The van der Waals surface area contributed by atoms with Crippen molar-refractivity contribution < 1.29 is 14.3 Å². The number of rotatable bonds is 4. The highest BCUT2D eigenvalue weighted by Gasteiger charge is 2.14. The fourth-order valence-corrected chi connectivity index (χ4v) is 2.15. The van der Waals surface area contributed by atoms with E-state index in [0.29, 0.717) is 11.3 Å². The highest BCUT2D eigenvalue weighted by Crippen LogP contribution is 2.20. The van der Waals surface area contributed by atoms with Crippen molar-refractivity contribution >= 4 is 17.3 Å². The van der Waals surface area contributed by atoms with Crippen molar-refractivity contribution in [3.8, 4) is 0 Å². The third-order valence-electron chi connectivity index (χ3n) is 3.27. The summed E-state index contributed by atoms with van der Waals surface area (Å²) in [6.45, 7) is 1.58. The number of nitrogen functional groups attached to an aromatic ring is 1. The van der Waals surface area contributed by atoms with Gasteiger partial charge in [-0.1, -0.05) is 0 Å². The topological polar surface area (TPSA) is 73.6 Å². The normalized spacial score (nSPS) is 18.9. The van der Waals surface area contributed by atoms with Crippen LogP contribution in [0.5, 0.6) is 0 Å². The number of nitrogens with two attached hydrogens (primary N) is 1. The Morgan fingerprint density at radius 2 is 2.37 bits per heavy atom. The molecule has 5 heteroatoms. The van der Waals surface area contributed by atoms with E-state index >= 15 is 0 Å². The average molecular weight is 264 g/mol. The summed E-state index contributed by atoms with van der Waals surface area (Å²) in [5.41, 5.74) is 7.41. The van der Waals surface area contributed by atoms with Gasteiger partial charge >= 0.3 is 5.97 Å². The van der Waals surface area contributed by atoms with Gasteiger partial charge in [0.1, 0.15) is 0 Å². The predicted molar refractivity (Wildman–Crippen MR) is 74.3 cm³/mol. The molecule has 1 aromatic rings. The smallest absolute Gasteiger partial charge is 0.340 e. The van der Waals surface area contributed by atoms with Crippen LogP contribution in [0.4, 0.5) is 11.4 Å². The van der Waals surface area contributed by atoms with E-state index in [4.69, 9.17) is 15.2 Å². The lowest BCUT2D eigenvalue weighted by molar-refractivity contribution is 0.0247. The van der Waals surface area contributed by atoms with Gasteiger partial charge in [0.25, 0.3) is 0 Å². The molecule has 0 bridgehead atoms. The van der Waals surface area contributed by atoms with E-state index < -0.39 is 5.97 Å². The van der Waals surface area contributed by atoms with Crippen LogP contribution in [0.25, 0.3) is 0 Å². The van der Waals surface area contributed by atoms with Gasteiger partial charge in [-0.3, -0.25) is 0 Å². The van der Waals surface area contributed by atoms with Crippen molar-refractivity contribution in [2.45, 2.75) is 25.4 Å². The molecule has 5 nitrogen and oxygen atoms in total. The molecule has 3 N–H and O–H groups in total. The summed E-state index contributed by atoms with van der Waals surface area (Å²) in [7, 11) is 1.34. The van der Waals surface area contributed by atoms with Gasteiger partial charge < -0.3 is 20.5 Å². The number of carbonyl (C=O) groups is 1. The van der Waals surface area contributed by atoms with Gasteiger partial charge in [0.05, 0.1) is 18.8 Å². The van der Waals surface area contributed by atoms with Crippen LogP contribution in [0.15, 0.2) is 18.2 Å². The van der Waals surface area contributed by atoms with E-state index in [-0.39, 0.29) is 6.10 Å². The largest absolute Gasteiger partial charge is 0.465 e. The first-order valence-corrected chi connectivity index (χ1v) is 6.54. The van der Waals surface area contributed by atoms with Crippen molar-refractivity contribution in [2.75, 3.05) is 31.3 Å². The standard InChI is InChI=1S/C14H20N2O3/c1-18-14(17)12-8-10(5-6-13(12)15)16-9-11-4-2-3-7-19-11/h5-6,8,11,16H,2-4,7,9,15H2,1H3. The maximum atomic E-state index is 11.5. The zero-order valence-electron chi connectivity index (χ0n) is 11.1. The van der Waals surface area contributed by atoms with Crippen molar-refractivity contribution in [1.82, 2.24) is 0 Å². The first-order chi connectivity index (χ1) is 9.20. The monoisotopic (exact) mass is 264 g/mol. The number of carbonyl (C=O) groups excluding carboxylic acids is 1. The number of methoxy groups -OCH3 is 1. The Bertz CT molecular complexity index is 442. The van der Waals surface area contributed by atoms with Gasteiger partial charge in [-0.2, -0.15) is 0 Å². The van der Waals surface area contributed by atoms with E-state index in [1.165, 1.54) is 13.5 Å². The van der Waals surface area contributed by atoms with E-state index in [9.17, 15) is 4.79 Å². The molecule has 1 aliphatic rings. The molecule has 1 heterocycles. The number of nitrogens with one attached hydrogen (secondary N) is 1. The van der Waals surface area contributed by atoms with Crippen LogP contribution in [-0.2, 0) is 9.47 Å². The zero-order valence-corrected chi connectivity index (χ0v) is 11.1. The first-order valence-electron chi connectivity index (χ1n) is 6.54. The van der Waals surface area contributed by atoms with E-state index in [2.05, 4.69) is 5.32 Å². The molecular weight excluding hydrogens is 244 g/mol. The quantitative estimate of drug-likeness (QED) is 0.643. The van der Waals surface area contributed by atoms with Crippen molar-refractivity contribution in [2.24, 2.45) is 0 Å². The summed E-state index contributed by atoms with van der Waals surface area (Å²) in [6, 6.07) is 5.27. The summed E-state index contributed by atoms with van der Waals surface area (Å²) in [5, 5.41) is 3.27. The summed E-state index contributed by atoms with van der Waals surface area (Å²) in [5.74, 6) is -0.421. The second-order valence-electron chi connectivity index (χ2n) is 4.66. The molecule has 0 aromatic heterocycles. The molecule has 1 aromatic carbocycles. The average Bonchev–Trinajstić information content (AvgIpc) is 2.46. The fourth-order valence-electron chi connectivity index (χ4n) is 2.15. The Morgan fingerprint density at radius 1 is 1.53 bits per heavy atom. The molecule has 2 rings (SSSR count). The molecule has 1 saturated heterocycles. The van der Waals surface area contributed by atoms with Gasteiger partial charge in [-0.25, -0.2) is 4.79 Å². The van der Waals surface area contributed by atoms with E-state index in [1.807, 2.05) is 6.07 Å². The third-order valence-corrected chi connectivity index (χ3v) is 3.27. The molecule has 1 atom stereocenters. The minimum atomic E-state index is -0.421. The van der Waals surface area contributed by atoms with Crippen molar-refractivity contribution in [1.29, 1.82) is 0 Å². The molecule has 1 unspecified atom stereocenters. The number of anilines is 2. The third kappa shape index (κ3) is 3.61. The molecule has 0 spiro atoms. The number of hydrogen-bond acceptors (Lipinski definition) is 5. The number of ether oxygens (including phenoxy) is 2. The van der Waals surface area contributed by atoms with Crippen LogP contribution >= 0.6 is 0 Å². The Kier molecular flexibility index (Phi) is 4.63. The molecule has 0 radical (unpaired) electrons. The summed E-state index contributed by atoms with van der Waals surface area (Å²) in [4.78, 5) is 11.5. The first kappa shape index (κ1) is 13.7. The summed E-state index contributed by atoms with van der Waals surface area (Å²) < 4.78 is 10.3. The lowest BCUT2D eigenvalue weighted by atomic mass is 10.1. The molecule has 1 aliphatic heterocycles. The van der Waals surface area contributed by atoms with Crippen LogP contribution in [0, 0.1) is 0 Å². The second-order valence-corrected chi connectivity index (χ2v) is 4.66. The van der Waals surface area contributed by atoms with Crippen molar-refractivity contribution in [3.63, 3.8) is 0 Å². The van der Waals surface area contributed by atoms with Crippen LogP contribution in [-0.4, -0.2) is 32.3 Å². The summed E-state index contributed by atoms with van der Waals surface area (Å²) in [6.07, 6.45) is 3.67. The van der Waals surface area contributed by atoms with Gasteiger partial charge in [0, 0.05) is 24.5 Å². The molecule has 19 heavy (non-hydrogen) atoms. The number of esters is 1. The predicted octanol–water partition coefficient (Wildman–Crippen LogP) is 2.04. The van der Waals surface area contributed by atoms with E-state index in [0.717, 1.165) is 31.7 Å². The zero-order chi connectivity index (χ0) is 13.7. The highest BCUT2D eigenvalue weighted by atomic mass is 16.5. The molecule has 0 aliphatic carbocycles. The minimum absolute atomic E-state index is 0.243. The highest BCUT2D eigenvalue weighted by molar-refractivity contribution is 5.96. The van der Waals surface area contributed by atoms with Gasteiger partial charge in [0.2, 0.25) is 0 Å². The molecule has 104 valence electrons. The Morgan fingerprint density at radius 3 is 3.05 bits per heavy atom. The fraction of sp³-hybridized carbons (Fsp3) is 0.500. The number of hydrogen-bond donors (Lipinski definition) is 2. The minimum Gasteiger partial charge on any atom is -0.465 e. The Labute approximate surface area is 113 Å². The molecule has 0 saturated carbocycles. The van der Waals surface area contributed by atoms with Crippen LogP contribution < -0.4 is 11.1 Å². The Hall–Kier alpha value is -1.75. The molecule has 0 amide bonds. The maximum absolute atomic E-state index is 11.5. The van der Waals surface area contributed by atoms with Crippen LogP contribution in [0.2, 0.25) is 0 Å². The maximum Gasteiger partial charge on any atom is 0.340 e. The number of benzene rings is 1. The lowest BCUT2D eigenvalue weighted by Gasteiger charge is -2.23. The van der Waals surface area contributed by atoms with E-state index in [1.54, 1.807) is 12.1 Å².